The molecule has 0 saturated heterocycles. The number of nitrogens with one attached hydrogen (secondary N) is 1. The number of anilines is 1. The number of hydrogen-bond acceptors (Lipinski definition) is 6. The van der Waals surface area contributed by atoms with Crippen LogP contribution in [-0.4, -0.2) is 32.8 Å². The standard InChI is InChI=1S/C17H17N5O2/c1-3-24-17(23)15(16-19-10-11-22(16)2)21-20-13-8-4-6-12-7-5-9-18-14(12)13/h4-11,20H,3H2,1-2H3. The number of esters is 1. The van der Waals surface area contributed by atoms with E-state index in [-0.39, 0.29) is 12.3 Å². The molecule has 122 valence electrons. The molecule has 0 atom stereocenters. The van der Waals surface area contributed by atoms with Crippen molar-refractivity contribution in [2.24, 2.45) is 12.1 Å². The van der Waals surface area contributed by atoms with E-state index >= 15 is 0 Å². The second-order valence-electron chi connectivity index (χ2n) is 5.04. The van der Waals surface area contributed by atoms with Crippen molar-refractivity contribution in [3.8, 4) is 0 Å². The molecule has 1 N–H and O–H groups in total. The minimum Gasteiger partial charge on any atom is -0.461 e. The number of hydrazone groups is 1. The first-order chi connectivity index (χ1) is 11.7. The Labute approximate surface area is 139 Å². The first kappa shape index (κ1) is 15.7. The normalized spacial score (nSPS) is 11.5. The van der Waals surface area contributed by atoms with Gasteiger partial charge < -0.3 is 9.30 Å². The molecule has 0 aliphatic rings. The van der Waals surface area contributed by atoms with Crippen LogP contribution in [0.15, 0.2) is 54.0 Å². The summed E-state index contributed by atoms with van der Waals surface area (Å²) in [6.07, 6.45) is 5.05. The lowest BCUT2D eigenvalue weighted by Gasteiger charge is -2.08. The summed E-state index contributed by atoms with van der Waals surface area (Å²) in [5.74, 6) is -0.110. The summed E-state index contributed by atoms with van der Waals surface area (Å²) in [4.78, 5) is 20.7. The molecule has 0 amide bonds. The summed E-state index contributed by atoms with van der Waals surface area (Å²) in [6, 6.07) is 9.53. The fourth-order valence-electron chi connectivity index (χ4n) is 2.29. The van der Waals surface area contributed by atoms with Crippen LogP contribution in [0.25, 0.3) is 10.9 Å². The van der Waals surface area contributed by atoms with Gasteiger partial charge in [-0.25, -0.2) is 9.78 Å². The molecule has 2 aromatic heterocycles. The van der Waals surface area contributed by atoms with Crippen molar-refractivity contribution in [2.45, 2.75) is 6.92 Å². The molecular formula is C17H17N5O2. The number of carbonyl (C=O) groups excluding carboxylic acids is 1. The number of rotatable bonds is 5. The van der Waals surface area contributed by atoms with Gasteiger partial charge in [-0.1, -0.05) is 18.2 Å². The van der Waals surface area contributed by atoms with E-state index in [0.29, 0.717) is 11.5 Å². The number of hydrogen-bond donors (Lipinski definition) is 1. The molecule has 7 nitrogen and oxygen atoms in total. The van der Waals surface area contributed by atoms with Crippen molar-refractivity contribution in [1.82, 2.24) is 14.5 Å². The Morgan fingerprint density at radius 1 is 1.25 bits per heavy atom. The van der Waals surface area contributed by atoms with Crippen LogP contribution < -0.4 is 5.43 Å². The Balaban J connectivity index is 1.99. The molecule has 24 heavy (non-hydrogen) atoms. The highest BCUT2D eigenvalue weighted by Crippen LogP contribution is 2.20. The summed E-state index contributed by atoms with van der Waals surface area (Å²) in [5, 5.41) is 5.21. The Kier molecular flexibility index (Phi) is 4.51. The van der Waals surface area contributed by atoms with Crippen LogP contribution in [0.3, 0.4) is 0 Å². The third-order valence-corrected chi connectivity index (χ3v) is 3.42. The predicted molar refractivity (Wildman–Crippen MR) is 91.7 cm³/mol. The monoisotopic (exact) mass is 323 g/mol. The van der Waals surface area contributed by atoms with Gasteiger partial charge in [-0.05, 0) is 19.1 Å². The smallest absolute Gasteiger partial charge is 0.362 e. The number of ether oxygens (including phenoxy) is 1. The predicted octanol–water partition coefficient (Wildman–Crippen LogP) is 2.35. The second kappa shape index (κ2) is 6.91. The summed E-state index contributed by atoms with van der Waals surface area (Å²) in [7, 11) is 1.79. The van der Waals surface area contributed by atoms with Gasteiger partial charge in [0.25, 0.3) is 0 Å². The molecular weight excluding hydrogens is 306 g/mol. The number of nitrogens with zero attached hydrogens (tertiary/aromatic N) is 4. The zero-order valence-electron chi connectivity index (χ0n) is 13.4. The molecule has 2 heterocycles. The van der Waals surface area contributed by atoms with Gasteiger partial charge in [0.05, 0.1) is 17.8 Å². The van der Waals surface area contributed by atoms with Crippen LogP contribution in [0.1, 0.15) is 12.7 Å². The summed E-state index contributed by atoms with van der Waals surface area (Å²) < 4.78 is 6.79. The quantitative estimate of drug-likeness (QED) is 0.443. The molecule has 0 aliphatic carbocycles. The molecule has 0 unspecified atom stereocenters. The number of carbonyl (C=O) groups is 1. The third-order valence-electron chi connectivity index (χ3n) is 3.42. The summed E-state index contributed by atoms with van der Waals surface area (Å²) >= 11 is 0. The largest absolute Gasteiger partial charge is 0.461 e. The fourth-order valence-corrected chi connectivity index (χ4v) is 2.29. The highest BCUT2D eigenvalue weighted by Gasteiger charge is 2.20. The van der Waals surface area contributed by atoms with E-state index in [1.165, 1.54) is 0 Å². The van der Waals surface area contributed by atoms with Gasteiger partial charge in [0.15, 0.2) is 5.82 Å². The molecule has 0 radical (unpaired) electrons. The van der Waals surface area contributed by atoms with Crippen molar-refractivity contribution < 1.29 is 9.53 Å². The average Bonchev–Trinajstić information content (AvgIpc) is 3.01. The van der Waals surface area contributed by atoms with Gasteiger partial charge in [-0.3, -0.25) is 10.4 Å². The zero-order valence-corrected chi connectivity index (χ0v) is 13.4. The number of aryl methyl sites for hydroxylation is 1. The number of imidazole rings is 1. The SMILES string of the molecule is CCOC(=O)C(=NNc1cccc2cccnc12)c1nccn1C. The van der Waals surface area contributed by atoms with E-state index < -0.39 is 5.97 Å². The van der Waals surface area contributed by atoms with E-state index in [2.05, 4.69) is 20.5 Å². The van der Waals surface area contributed by atoms with Crippen molar-refractivity contribution in [3.05, 3.63) is 54.7 Å². The summed E-state index contributed by atoms with van der Waals surface area (Å²) in [6.45, 7) is 2.01. The number of para-hydroxylation sites is 1. The lowest BCUT2D eigenvalue weighted by atomic mass is 10.2. The number of aromatic nitrogens is 3. The van der Waals surface area contributed by atoms with Crippen molar-refractivity contribution in [1.29, 1.82) is 0 Å². The molecule has 0 bridgehead atoms. The van der Waals surface area contributed by atoms with Gasteiger partial charge >= 0.3 is 5.97 Å². The Bertz CT molecular complexity index is 895. The number of benzene rings is 1. The van der Waals surface area contributed by atoms with Crippen LogP contribution in [0.2, 0.25) is 0 Å². The van der Waals surface area contributed by atoms with E-state index in [0.717, 1.165) is 10.9 Å². The molecule has 1 aromatic carbocycles. The van der Waals surface area contributed by atoms with Gasteiger partial charge in [-0.2, -0.15) is 5.10 Å². The van der Waals surface area contributed by atoms with Gasteiger partial charge in [0.2, 0.25) is 5.71 Å². The van der Waals surface area contributed by atoms with Crippen LogP contribution in [0, 0.1) is 0 Å². The first-order valence-corrected chi connectivity index (χ1v) is 7.53. The molecule has 3 aromatic rings. The molecule has 7 heteroatoms. The van der Waals surface area contributed by atoms with Gasteiger partial charge in [-0.15, -0.1) is 0 Å². The third kappa shape index (κ3) is 3.10. The second-order valence-corrected chi connectivity index (χ2v) is 5.04. The van der Waals surface area contributed by atoms with Crippen molar-refractivity contribution in [3.63, 3.8) is 0 Å². The minimum absolute atomic E-state index is 0.109. The van der Waals surface area contributed by atoms with E-state index in [9.17, 15) is 4.79 Å². The Hall–Kier alpha value is -3.22. The summed E-state index contributed by atoms with van der Waals surface area (Å²) in [5.41, 5.74) is 4.49. The fraction of sp³-hybridized carbons (Fsp3) is 0.176. The van der Waals surface area contributed by atoms with Gasteiger partial charge in [0, 0.05) is 31.0 Å². The molecule has 0 aliphatic heterocycles. The Morgan fingerprint density at radius 2 is 2.08 bits per heavy atom. The number of fused-ring (bicyclic) bond motifs is 1. The molecule has 3 rings (SSSR count). The van der Waals surface area contributed by atoms with E-state index in [1.807, 2.05) is 30.3 Å². The van der Waals surface area contributed by atoms with Crippen LogP contribution in [-0.2, 0) is 16.6 Å². The highest BCUT2D eigenvalue weighted by atomic mass is 16.5. The maximum atomic E-state index is 12.2. The maximum Gasteiger partial charge on any atom is 0.362 e. The first-order valence-electron chi connectivity index (χ1n) is 7.53. The van der Waals surface area contributed by atoms with E-state index in [4.69, 9.17) is 4.74 Å². The Morgan fingerprint density at radius 3 is 2.83 bits per heavy atom. The average molecular weight is 323 g/mol. The van der Waals surface area contributed by atoms with Crippen LogP contribution >= 0.6 is 0 Å². The van der Waals surface area contributed by atoms with Crippen LogP contribution in [0.5, 0.6) is 0 Å². The zero-order chi connectivity index (χ0) is 16.9. The van der Waals surface area contributed by atoms with Crippen LogP contribution in [0.4, 0.5) is 5.69 Å². The molecule has 0 fully saturated rings. The minimum atomic E-state index is -0.535. The topological polar surface area (TPSA) is 81.4 Å². The van der Waals surface area contributed by atoms with E-state index in [1.54, 1.807) is 37.1 Å². The maximum absolute atomic E-state index is 12.2. The van der Waals surface area contributed by atoms with Crippen molar-refractivity contribution in [2.75, 3.05) is 12.0 Å². The lowest BCUT2D eigenvalue weighted by molar-refractivity contribution is -0.135. The highest BCUT2D eigenvalue weighted by molar-refractivity contribution is 6.42. The molecule has 0 spiro atoms. The lowest BCUT2D eigenvalue weighted by Crippen LogP contribution is -2.23. The number of pyridine rings is 1. The molecule has 0 saturated carbocycles. The van der Waals surface area contributed by atoms with Crippen molar-refractivity contribution >= 4 is 28.3 Å². The van der Waals surface area contributed by atoms with Gasteiger partial charge in [0.1, 0.15) is 0 Å².